The molecular formula is C19H18N4O. The lowest BCUT2D eigenvalue weighted by molar-refractivity contribution is 0.319. The highest BCUT2D eigenvalue weighted by molar-refractivity contribution is 5.94. The van der Waals surface area contributed by atoms with E-state index in [1.807, 2.05) is 48.7 Å². The molecule has 24 heavy (non-hydrogen) atoms. The molecule has 0 amide bonds. The second kappa shape index (κ2) is 7.28. The van der Waals surface area contributed by atoms with Crippen molar-refractivity contribution in [3.8, 4) is 0 Å². The van der Waals surface area contributed by atoms with E-state index in [0.29, 0.717) is 6.54 Å². The molecule has 1 aromatic heterocycles. The summed E-state index contributed by atoms with van der Waals surface area (Å²) in [5.74, 6) is 0.0737. The summed E-state index contributed by atoms with van der Waals surface area (Å²) in [7, 11) is 0. The van der Waals surface area contributed by atoms with Crippen molar-refractivity contribution in [2.75, 3.05) is 5.32 Å². The quantitative estimate of drug-likeness (QED) is 0.290. The van der Waals surface area contributed by atoms with Gasteiger partial charge >= 0.3 is 0 Å². The third-order valence-corrected chi connectivity index (χ3v) is 3.63. The van der Waals surface area contributed by atoms with Gasteiger partial charge in [0, 0.05) is 11.9 Å². The molecule has 3 aromatic rings. The maximum atomic E-state index is 8.50. The molecule has 0 fully saturated rings. The summed E-state index contributed by atoms with van der Waals surface area (Å²) in [4.78, 5) is 4.44. The number of nitrogens with one attached hydrogen (secondary N) is 1. The first kappa shape index (κ1) is 15.6. The second-order valence-electron chi connectivity index (χ2n) is 5.37. The minimum absolute atomic E-state index is 0.0737. The van der Waals surface area contributed by atoms with Crippen molar-refractivity contribution < 1.29 is 5.21 Å². The van der Waals surface area contributed by atoms with Crippen molar-refractivity contribution >= 4 is 28.5 Å². The van der Waals surface area contributed by atoms with Crippen LogP contribution in [0, 0.1) is 0 Å². The lowest BCUT2D eigenvalue weighted by Gasteiger charge is -2.07. The average molecular weight is 318 g/mol. The number of fused-ring (bicyclic) bond motifs is 1. The van der Waals surface area contributed by atoms with Gasteiger partial charge in [-0.2, -0.15) is 0 Å². The summed E-state index contributed by atoms with van der Waals surface area (Å²) in [5.41, 5.74) is 9.52. The van der Waals surface area contributed by atoms with Crippen molar-refractivity contribution in [3.63, 3.8) is 0 Å². The number of para-hydroxylation sites is 1. The fraction of sp³-hybridized carbons (Fsp3) is 0.0526. The zero-order chi connectivity index (χ0) is 16.8. The Labute approximate surface area is 140 Å². The molecule has 2 aromatic carbocycles. The number of amidine groups is 1. The van der Waals surface area contributed by atoms with Crippen LogP contribution in [0.15, 0.2) is 72.0 Å². The molecule has 0 atom stereocenters. The van der Waals surface area contributed by atoms with Crippen LogP contribution in [0.4, 0.5) is 5.69 Å². The van der Waals surface area contributed by atoms with Crippen LogP contribution in [0.3, 0.4) is 0 Å². The van der Waals surface area contributed by atoms with Crippen molar-refractivity contribution in [1.82, 2.24) is 4.98 Å². The SMILES string of the molecule is NC(/C=C/c1ccc(CNc2cnc3ccccc3c2)cc1)=NO. The highest BCUT2D eigenvalue weighted by atomic mass is 16.4. The predicted molar refractivity (Wildman–Crippen MR) is 98.0 cm³/mol. The van der Waals surface area contributed by atoms with Crippen LogP contribution in [0.2, 0.25) is 0 Å². The van der Waals surface area contributed by atoms with Gasteiger partial charge in [0.15, 0.2) is 5.84 Å². The summed E-state index contributed by atoms with van der Waals surface area (Å²) < 4.78 is 0. The van der Waals surface area contributed by atoms with Gasteiger partial charge in [-0.25, -0.2) is 0 Å². The molecule has 5 heteroatoms. The lowest BCUT2D eigenvalue weighted by atomic mass is 10.1. The van der Waals surface area contributed by atoms with Gasteiger partial charge in [-0.05, 0) is 29.3 Å². The monoisotopic (exact) mass is 318 g/mol. The number of nitrogens with zero attached hydrogens (tertiary/aromatic N) is 2. The topological polar surface area (TPSA) is 83.5 Å². The van der Waals surface area contributed by atoms with E-state index in [9.17, 15) is 0 Å². The molecule has 0 aliphatic heterocycles. The Morgan fingerprint density at radius 1 is 1.17 bits per heavy atom. The van der Waals surface area contributed by atoms with Gasteiger partial charge in [-0.15, -0.1) is 0 Å². The van der Waals surface area contributed by atoms with E-state index < -0.39 is 0 Å². The molecule has 4 N–H and O–H groups in total. The van der Waals surface area contributed by atoms with Gasteiger partial charge in [0.25, 0.3) is 0 Å². The number of rotatable bonds is 5. The maximum Gasteiger partial charge on any atom is 0.162 e. The first-order valence-electron chi connectivity index (χ1n) is 7.58. The number of pyridine rings is 1. The van der Waals surface area contributed by atoms with Crippen molar-refractivity contribution in [2.24, 2.45) is 10.9 Å². The lowest BCUT2D eigenvalue weighted by Crippen LogP contribution is -2.06. The number of benzene rings is 2. The molecule has 0 saturated heterocycles. The highest BCUT2D eigenvalue weighted by Crippen LogP contribution is 2.17. The van der Waals surface area contributed by atoms with Crippen LogP contribution < -0.4 is 11.1 Å². The van der Waals surface area contributed by atoms with Gasteiger partial charge in [0.1, 0.15) is 0 Å². The van der Waals surface area contributed by atoms with Gasteiger partial charge in [-0.1, -0.05) is 53.7 Å². The molecule has 0 radical (unpaired) electrons. The third-order valence-electron chi connectivity index (χ3n) is 3.63. The Hall–Kier alpha value is -3.34. The predicted octanol–water partition coefficient (Wildman–Crippen LogP) is 3.61. The molecule has 0 unspecified atom stereocenters. The fourth-order valence-electron chi connectivity index (χ4n) is 2.33. The van der Waals surface area contributed by atoms with E-state index in [2.05, 4.69) is 27.6 Å². The molecule has 3 rings (SSSR count). The number of anilines is 1. The Kier molecular flexibility index (Phi) is 4.72. The van der Waals surface area contributed by atoms with Gasteiger partial charge in [-0.3, -0.25) is 4.98 Å². The van der Waals surface area contributed by atoms with Crippen LogP contribution in [-0.2, 0) is 6.54 Å². The zero-order valence-corrected chi connectivity index (χ0v) is 13.1. The van der Waals surface area contributed by atoms with Gasteiger partial charge in [0.2, 0.25) is 0 Å². The number of oxime groups is 1. The second-order valence-corrected chi connectivity index (χ2v) is 5.37. The molecule has 5 nitrogen and oxygen atoms in total. The molecule has 0 bridgehead atoms. The summed E-state index contributed by atoms with van der Waals surface area (Å²) >= 11 is 0. The van der Waals surface area contributed by atoms with Gasteiger partial charge in [0.05, 0.1) is 17.4 Å². The Morgan fingerprint density at radius 3 is 2.75 bits per heavy atom. The molecule has 120 valence electrons. The van der Waals surface area contributed by atoms with Crippen LogP contribution >= 0.6 is 0 Å². The summed E-state index contributed by atoms with van der Waals surface area (Å²) in [6, 6.07) is 18.2. The Balaban J connectivity index is 1.64. The Bertz CT molecular complexity index is 885. The highest BCUT2D eigenvalue weighted by Gasteiger charge is 1.98. The van der Waals surface area contributed by atoms with Crippen molar-refractivity contribution in [1.29, 1.82) is 0 Å². The number of hydrogen-bond acceptors (Lipinski definition) is 4. The van der Waals surface area contributed by atoms with Crippen LogP contribution in [-0.4, -0.2) is 16.0 Å². The standard InChI is InChI=1S/C19H18N4O/c20-19(23-24)10-9-14-5-7-15(8-6-14)12-21-17-11-16-3-1-2-4-18(16)22-13-17/h1-11,13,21,24H,12H2,(H2,20,23)/b10-9+. The smallest absolute Gasteiger partial charge is 0.162 e. The van der Waals surface area contributed by atoms with Crippen LogP contribution in [0.1, 0.15) is 11.1 Å². The van der Waals surface area contributed by atoms with E-state index in [1.54, 1.807) is 12.2 Å². The fourth-order valence-corrected chi connectivity index (χ4v) is 2.33. The summed E-state index contributed by atoms with van der Waals surface area (Å²) in [5, 5.41) is 15.9. The molecule has 0 saturated carbocycles. The van der Waals surface area contributed by atoms with E-state index in [1.165, 1.54) is 0 Å². The maximum absolute atomic E-state index is 8.50. The van der Waals surface area contributed by atoms with Gasteiger partial charge < -0.3 is 16.3 Å². The molecule has 0 aliphatic carbocycles. The van der Waals surface area contributed by atoms with Crippen molar-refractivity contribution in [3.05, 3.63) is 78.0 Å². The number of nitrogens with two attached hydrogens (primary N) is 1. The third kappa shape index (κ3) is 3.89. The minimum Gasteiger partial charge on any atom is -0.409 e. The normalized spacial score (nSPS) is 11.9. The number of hydrogen-bond donors (Lipinski definition) is 3. The molecular weight excluding hydrogens is 300 g/mol. The van der Waals surface area contributed by atoms with E-state index >= 15 is 0 Å². The Morgan fingerprint density at radius 2 is 1.96 bits per heavy atom. The van der Waals surface area contributed by atoms with Crippen LogP contribution in [0.25, 0.3) is 17.0 Å². The molecule has 0 spiro atoms. The molecule has 0 aliphatic rings. The first-order chi connectivity index (χ1) is 11.7. The van der Waals surface area contributed by atoms with Crippen molar-refractivity contribution in [2.45, 2.75) is 6.54 Å². The number of aromatic nitrogens is 1. The molecule has 1 heterocycles. The first-order valence-corrected chi connectivity index (χ1v) is 7.58. The van der Waals surface area contributed by atoms with E-state index in [-0.39, 0.29) is 5.84 Å². The van der Waals surface area contributed by atoms with Crippen LogP contribution in [0.5, 0.6) is 0 Å². The largest absolute Gasteiger partial charge is 0.409 e. The average Bonchev–Trinajstić information content (AvgIpc) is 2.65. The summed E-state index contributed by atoms with van der Waals surface area (Å²) in [6.07, 6.45) is 5.18. The van der Waals surface area contributed by atoms with E-state index in [4.69, 9.17) is 10.9 Å². The zero-order valence-electron chi connectivity index (χ0n) is 13.1. The van der Waals surface area contributed by atoms with E-state index in [0.717, 1.165) is 27.7 Å². The summed E-state index contributed by atoms with van der Waals surface area (Å²) in [6.45, 7) is 0.713. The minimum atomic E-state index is 0.0737.